The Balaban J connectivity index is 1.80. The number of carbonyl (C=O) groups excluding carboxylic acids is 2. The van der Waals surface area contributed by atoms with Crippen LogP contribution in [0.4, 0.5) is 5.69 Å². The Bertz CT molecular complexity index is 942. The lowest BCUT2D eigenvalue weighted by Gasteiger charge is -2.11. The molecule has 3 aromatic carbocycles. The molecule has 1 N–H and O–H groups in total. The Morgan fingerprint density at radius 3 is 2.27 bits per heavy atom. The minimum Gasteiger partial charge on any atom is -0.321 e. The van der Waals surface area contributed by atoms with Crippen LogP contribution in [0.3, 0.4) is 0 Å². The van der Waals surface area contributed by atoms with E-state index >= 15 is 0 Å². The van der Waals surface area contributed by atoms with Gasteiger partial charge in [0.15, 0.2) is 5.78 Å². The first kappa shape index (κ1) is 17.6. The molecule has 0 saturated carbocycles. The third kappa shape index (κ3) is 4.25. The fourth-order valence-electron chi connectivity index (χ4n) is 2.84. The standard InChI is InChI=1S/C23H21NO2/c1-16-10-12-19(13-11-16)23(26)24-21-9-4-3-8-20(21)22(25)15-18-7-5-6-17(2)14-18/h3-14H,15H2,1-2H3,(H,24,26). The molecule has 1 amide bonds. The van der Waals surface area contributed by atoms with E-state index in [-0.39, 0.29) is 11.7 Å². The maximum absolute atomic E-state index is 12.8. The van der Waals surface area contributed by atoms with Gasteiger partial charge in [-0.25, -0.2) is 0 Å². The molecule has 0 unspecified atom stereocenters. The summed E-state index contributed by atoms with van der Waals surface area (Å²) in [4.78, 5) is 25.2. The summed E-state index contributed by atoms with van der Waals surface area (Å²) in [6.07, 6.45) is 0.305. The zero-order valence-corrected chi connectivity index (χ0v) is 15.0. The second-order valence-electron chi connectivity index (χ2n) is 6.45. The molecule has 3 nitrogen and oxygen atoms in total. The van der Waals surface area contributed by atoms with Crippen LogP contribution in [0.2, 0.25) is 0 Å². The number of para-hydroxylation sites is 1. The van der Waals surface area contributed by atoms with Gasteiger partial charge in [0.2, 0.25) is 0 Å². The van der Waals surface area contributed by atoms with Gasteiger partial charge >= 0.3 is 0 Å². The molecule has 0 aliphatic heterocycles. The predicted octanol–water partition coefficient (Wildman–Crippen LogP) is 4.98. The van der Waals surface area contributed by atoms with Gasteiger partial charge in [-0.1, -0.05) is 59.7 Å². The third-order valence-electron chi connectivity index (χ3n) is 4.24. The van der Waals surface area contributed by atoms with Crippen LogP contribution >= 0.6 is 0 Å². The van der Waals surface area contributed by atoms with Crippen LogP contribution in [-0.2, 0) is 6.42 Å². The van der Waals surface area contributed by atoms with Gasteiger partial charge in [0.25, 0.3) is 5.91 Å². The summed E-state index contributed by atoms with van der Waals surface area (Å²) in [5.74, 6) is -0.240. The molecule has 130 valence electrons. The first-order chi connectivity index (χ1) is 12.5. The van der Waals surface area contributed by atoms with Crippen LogP contribution in [0, 0.1) is 13.8 Å². The van der Waals surface area contributed by atoms with Gasteiger partial charge in [0.05, 0.1) is 5.69 Å². The van der Waals surface area contributed by atoms with Crippen molar-refractivity contribution in [2.24, 2.45) is 0 Å². The number of hydrogen-bond acceptors (Lipinski definition) is 2. The van der Waals surface area contributed by atoms with Gasteiger partial charge in [0, 0.05) is 17.5 Å². The highest BCUT2D eigenvalue weighted by atomic mass is 16.1. The van der Waals surface area contributed by atoms with E-state index in [9.17, 15) is 9.59 Å². The minimum absolute atomic E-state index is 0.0181. The normalized spacial score (nSPS) is 10.4. The highest BCUT2D eigenvalue weighted by Crippen LogP contribution is 2.19. The molecule has 0 heterocycles. The van der Waals surface area contributed by atoms with Gasteiger partial charge in [-0.05, 0) is 43.7 Å². The summed E-state index contributed by atoms with van der Waals surface area (Å²) in [5.41, 5.74) is 4.81. The Morgan fingerprint density at radius 2 is 1.54 bits per heavy atom. The molecule has 26 heavy (non-hydrogen) atoms. The highest BCUT2D eigenvalue weighted by Gasteiger charge is 2.14. The van der Waals surface area contributed by atoms with Crippen LogP contribution < -0.4 is 5.32 Å². The average molecular weight is 343 g/mol. The molecule has 3 aromatic rings. The van der Waals surface area contributed by atoms with E-state index in [2.05, 4.69) is 5.32 Å². The van der Waals surface area contributed by atoms with Gasteiger partial charge in [-0.3, -0.25) is 9.59 Å². The topological polar surface area (TPSA) is 46.2 Å². The Hall–Kier alpha value is -3.20. The maximum Gasteiger partial charge on any atom is 0.255 e. The largest absolute Gasteiger partial charge is 0.321 e. The first-order valence-electron chi connectivity index (χ1n) is 8.59. The summed E-state index contributed by atoms with van der Waals surface area (Å²) in [6, 6.07) is 22.4. The molecule has 3 rings (SSSR count). The van der Waals surface area contributed by atoms with Crippen molar-refractivity contribution in [1.29, 1.82) is 0 Å². The number of aryl methyl sites for hydroxylation is 2. The number of ketones is 1. The smallest absolute Gasteiger partial charge is 0.255 e. The van der Waals surface area contributed by atoms with Gasteiger partial charge < -0.3 is 5.32 Å². The number of hydrogen-bond donors (Lipinski definition) is 1. The quantitative estimate of drug-likeness (QED) is 0.664. The van der Waals surface area contributed by atoms with Crippen molar-refractivity contribution in [2.75, 3.05) is 5.32 Å². The number of nitrogens with one attached hydrogen (secondary N) is 1. The lowest BCUT2D eigenvalue weighted by molar-refractivity contribution is 0.0994. The van der Waals surface area contributed by atoms with Crippen LogP contribution in [0.1, 0.15) is 37.4 Å². The van der Waals surface area contributed by atoms with Crippen molar-refractivity contribution in [3.05, 3.63) is 101 Å². The molecule has 0 saturated heterocycles. The molecule has 0 aliphatic rings. The predicted molar refractivity (Wildman–Crippen MR) is 105 cm³/mol. The Kier molecular flexibility index (Phi) is 5.28. The van der Waals surface area contributed by atoms with E-state index in [0.29, 0.717) is 23.2 Å². The van der Waals surface area contributed by atoms with Gasteiger partial charge in [0.1, 0.15) is 0 Å². The number of carbonyl (C=O) groups is 2. The molecule has 0 fully saturated rings. The highest BCUT2D eigenvalue weighted by molar-refractivity contribution is 6.09. The van der Waals surface area contributed by atoms with E-state index in [1.54, 1.807) is 24.3 Å². The molecular formula is C23H21NO2. The van der Waals surface area contributed by atoms with Crippen molar-refractivity contribution in [1.82, 2.24) is 0 Å². The molecule has 0 spiro atoms. The van der Waals surface area contributed by atoms with Crippen molar-refractivity contribution in [2.45, 2.75) is 20.3 Å². The summed E-state index contributed by atoms with van der Waals surface area (Å²) in [5, 5.41) is 2.86. The molecule has 0 aliphatic carbocycles. The number of rotatable bonds is 5. The molecule has 3 heteroatoms. The minimum atomic E-state index is -0.221. The summed E-state index contributed by atoms with van der Waals surface area (Å²) < 4.78 is 0. The van der Waals surface area contributed by atoms with Crippen molar-refractivity contribution < 1.29 is 9.59 Å². The second kappa shape index (κ2) is 7.79. The van der Waals surface area contributed by atoms with E-state index in [1.807, 2.05) is 62.4 Å². The van der Waals surface area contributed by atoms with Gasteiger partial charge in [-0.2, -0.15) is 0 Å². The van der Waals surface area contributed by atoms with E-state index in [4.69, 9.17) is 0 Å². The van der Waals surface area contributed by atoms with E-state index in [1.165, 1.54) is 0 Å². The summed E-state index contributed by atoms with van der Waals surface area (Å²) in [6.45, 7) is 3.98. The van der Waals surface area contributed by atoms with Crippen molar-refractivity contribution >= 4 is 17.4 Å². The number of Topliss-reactive ketones (excluding diaryl/α,β-unsaturated/α-hetero) is 1. The number of anilines is 1. The average Bonchev–Trinajstić information content (AvgIpc) is 2.62. The van der Waals surface area contributed by atoms with Crippen LogP contribution in [0.5, 0.6) is 0 Å². The zero-order valence-electron chi connectivity index (χ0n) is 15.0. The fourth-order valence-corrected chi connectivity index (χ4v) is 2.84. The zero-order chi connectivity index (χ0) is 18.5. The van der Waals surface area contributed by atoms with Gasteiger partial charge in [-0.15, -0.1) is 0 Å². The lowest BCUT2D eigenvalue weighted by atomic mass is 10.00. The van der Waals surface area contributed by atoms with Crippen molar-refractivity contribution in [3.8, 4) is 0 Å². The fraction of sp³-hybridized carbons (Fsp3) is 0.130. The SMILES string of the molecule is Cc1ccc(C(=O)Nc2ccccc2C(=O)Cc2cccc(C)c2)cc1. The number of benzene rings is 3. The summed E-state index contributed by atoms with van der Waals surface area (Å²) in [7, 11) is 0. The molecule has 0 bridgehead atoms. The third-order valence-corrected chi connectivity index (χ3v) is 4.24. The number of amides is 1. The van der Waals surface area contributed by atoms with Crippen molar-refractivity contribution in [3.63, 3.8) is 0 Å². The lowest BCUT2D eigenvalue weighted by Crippen LogP contribution is -2.15. The first-order valence-corrected chi connectivity index (χ1v) is 8.59. The Labute approximate surface area is 153 Å². The van der Waals surface area contributed by atoms with Crippen LogP contribution in [0.15, 0.2) is 72.8 Å². The van der Waals surface area contributed by atoms with Crippen LogP contribution in [0.25, 0.3) is 0 Å². The molecule has 0 radical (unpaired) electrons. The second-order valence-corrected chi connectivity index (χ2v) is 6.45. The molecule has 0 aromatic heterocycles. The van der Waals surface area contributed by atoms with E-state index < -0.39 is 0 Å². The summed E-state index contributed by atoms with van der Waals surface area (Å²) >= 11 is 0. The Morgan fingerprint density at radius 1 is 0.808 bits per heavy atom. The van der Waals surface area contributed by atoms with E-state index in [0.717, 1.165) is 16.7 Å². The monoisotopic (exact) mass is 343 g/mol. The van der Waals surface area contributed by atoms with Crippen LogP contribution in [-0.4, -0.2) is 11.7 Å². The molecular weight excluding hydrogens is 322 g/mol. The maximum atomic E-state index is 12.8. The molecule has 0 atom stereocenters.